The van der Waals surface area contributed by atoms with Gasteiger partial charge in [0.2, 0.25) is 0 Å². The van der Waals surface area contributed by atoms with Crippen LogP contribution in [0, 0.1) is 0 Å². The molecular formula is C19H19ClN2O4. The molecule has 0 saturated heterocycles. The number of carbonyl (C=O) groups is 2. The van der Waals surface area contributed by atoms with Crippen molar-refractivity contribution >= 4 is 29.1 Å². The monoisotopic (exact) mass is 374 g/mol. The summed E-state index contributed by atoms with van der Waals surface area (Å²) in [7, 11) is 0. The highest BCUT2D eigenvalue weighted by molar-refractivity contribution is 6.32. The number of hydrogen-bond donors (Lipinski definition) is 2. The molecule has 0 aromatic heterocycles. The number of halogens is 1. The van der Waals surface area contributed by atoms with Crippen LogP contribution in [0.4, 0.5) is 5.69 Å². The van der Waals surface area contributed by atoms with Gasteiger partial charge in [0.25, 0.3) is 11.8 Å². The first-order chi connectivity index (χ1) is 12.6. The molecule has 0 bridgehead atoms. The fourth-order valence-corrected chi connectivity index (χ4v) is 2.80. The van der Waals surface area contributed by atoms with Crippen LogP contribution in [0.2, 0.25) is 5.02 Å². The number of anilines is 1. The summed E-state index contributed by atoms with van der Waals surface area (Å²) >= 11 is 6.22. The molecule has 0 atom stereocenters. The molecule has 7 heteroatoms. The molecule has 2 amide bonds. The summed E-state index contributed by atoms with van der Waals surface area (Å²) in [5, 5.41) is 5.84. The summed E-state index contributed by atoms with van der Waals surface area (Å²) in [6.45, 7) is 3.45. The van der Waals surface area contributed by atoms with E-state index in [2.05, 4.69) is 10.6 Å². The molecule has 136 valence electrons. The molecule has 2 aromatic carbocycles. The molecule has 0 fully saturated rings. The number of benzene rings is 2. The minimum atomic E-state index is -0.326. The van der Waals surface area contributed by atoms with Crippen molar-refractivity contribution in [3.05, 3.63) is 52.5 Å². The maximum atomic E-state index is 12.5. The Kier molecular flexibility index (Phi) is 5.63. The van der Waals surface area contributed by atoms with E-state index in [0.717, 1.165) is 6.42 Å². The van der Waals surface area contributed by atoms with Crippen LogP contribution < -0.4 is 20.1 Å². The highest BCUT2D eigenvalue weighted by Crippen LogP contribution is 2.38. The van der Waals surface area contributed by atoms with Crippen LogP contribution in [-0.4, -0.2) is 31.6 Å². The summed E-state index contributed by atoms with van der Waals surface area (Å²) in [5.41, 5.74) is 1.47. The van der Waals surface area contributed by atoms with Gasteiger partial charge in [0.05, 0.1) is 18.2 Å². The predicted octanol–water partition coefficient (Wildman–Crippen LogP) is 3.50. The van der Waals surface area contributed by atoms with Gasteiger partial charge in [-0.05, 0) is 43.3 Å². The lowest BCUT2D eigenvalue weighted by Gasteiger charge is -2.12. The molecule has 0 aliphatic carbocycles. The lowest BCUT2D eigenvalue weighted by molar-refractivity contribution is 0.0955. The number of fused-ring (bicyclic) bond motifs is 1. The standard InChI is InChI=1S/C19H19ClN2O4/c1-2-21-18(23)12-4-6-14(7-5-12)22-19(24)13-10-15(20)17-16(11-13)25-8-3-9-26-17/h4-7,10-11H,2-3,8-9H2,1H3,(H,21,23)(H,22,24). The van der Waals surface area contributed by atoms with Crippen molar-refractivity contribution in [1.29, 1.82) is 0 Å². The number of ether oxygens (including phenoxy) is 2. The van der Waals surface area contributed by atoms with E-state index in [-0.39, 0.29) is 11.8 Å². The smallest absolute Gasteiger partial charge is 0.255 e. The van der Waals surface area contributed by atoms with Crippen LogP contribution in [0.15, 0.2) is 36.4 Å². The summed E-state index contributed by atoms with van der Waals surface area (Å²) < 4.78 is 11.2. The Balaban J connectivity index is 1.75. The van der Waals surface area contributed by atoms with E-state index in [9.17, 15) is 9.59 Å². The average molecular weight is 375 g/mol. The Bertz CT molecular complexity index is 821. The summed E-state index contributed by atoms with van der Waals surface area (Å²) in [4.78, 5) is 24.3. The van der Waals surface area contributed by atoms with Crippen molar-refractivity contribution in [3.63, 3.8) is 0 Å². The molecule has 1 heterocycles. The zero-order valence-electron chi connectivity index (χ0n) is 14.3. The van der Waals surface area contributed by atoms with E-state index in [4.69, 9.17) is 21.1 Å². The van der Waals surface area contributed by atoms with Gasteiger partial charge >= 0.3 is 0 Å². The molecule has 2 aromatic rings. The van der Waals surface area contributed by atoms with Crippen LogP contribution in [0.3, 0.4) is 0 Å². The number of carbonyl (C=O) groups excluding carboxylic acids is 2. The lowest BCUT2D eigenvalue weighted by atomic mass is 10.1. The number of rotatable bonds is 4. The molecule has 3 rings (SSSR count). The van der Waals surface area contributed by atoms with Gasteiger partial charge in [0.15, 0.2) is 11.5 Å². The topological polar surface area (TPSA) is 76.7 Å². The minimum Gasteiger partial charge on any atom is -0.489 e. The number of nitrogens with one attached hydrogen (secondary N) is 2. The predicted molar refractivity (Wildman–Crippen MR) is 99.5 cm³/mol. The van der Waals surface area contributed by atoms with Gasteiger partial charge in [-0.15, -0.1) is 0 Å². The zero-order valence-corrected chi connectivity index (χ0v) is 15.1. The second-order valence-electron chi connectivity index (χ2n) is 5.73. The van der Waals surface area contributed by atoms with E-state index < -0.39 is 0 Å². The second kappa shape index (κ2) is 8.10. The maximum Gasteiger partial charge on any atom is 0.255 e. The van der Waals surface area contributed by atoms with Crippen molar-refractivity contribution < 1.29 is 19.1 Å². The molecule has 2 N–H and O–H groups in total. The molecule has 26 heavy (non-hydrogen) atoms. The zero-order chi connectivity index (χ0) is 18.5. The molecule has 0 unspecified atom stereocenters. The molecule has 0 radical (unpaired) electrons. The fraction of sp³-hybridized carbons (Fsp3) is 0.263. The van der Waals surface area contributed by atoms with Gasteiger partial charge in [-0.3, -0.25) is 9.59 Å². The third kappa shape index (κ3) is 4.08. The molecule has 0 saturated carbocycles. The average Bonchev–Trinajstić information content (AvgIpc) is 2.88. The first kappa shape index (κ1) is 18.1. The van der Waals surface area contributed by atoms with Crippen molar-refractivity contribution in [2.75, 3.05) is 25.1 Å². The highest BCUT2D eigenvalue weighted by Gasteiger charge is 2.18. The summed E-state index contributed by atoms with van der Waals surface area (Å²) in [6.07, 6.45) is 0.754. The van der Waals surface area contributed by atoms with Gasteiger partial charge in [0.1, 0.15) is 0 Å². The van der Waals surface area contributed by atoms with Crippen LogP contribution in [0.25, 0.3) is 0 Å². The molecule has 1 aliphatic heterocycles. The van der Waals surface area contributed by atoms with E-state index >= 15 is 0 Å². The quantitative estimate of drug-likeness (QED) is 0.858. The van der Waals surface area contributed by atoms with Gasteiger partial charge in [-0.25, -0.2) is 0 Å². The molecular weight excluding hydrogens is 356 g/mol. The van der Waals surface area contributed by atoms with Crippen molar-refractivity contribution in [1.82, 2.24) is 5.32 Å². The van der Waals surface area contributed by atoms with Gasteiger partial charge in [-0.1, -0.05) is 11.6 Å². The maximum absolute atomic E-state index is 12.5. The van der Waals surface area contributed by atoms with Crippen LogP contribution >= 0.6 is 11.6 Å². The van der Waals surface area contributed by atoms with E-state index in [1.165, 1.54) is 0 Å². The highest BCUT2D eigenvalue weighted by atomic mass is 35.5. The van der Waals surface area contributed by atoms with Gasteiger partial charge < -0.3 is 20.1 Å². The van der Waals surface area contributed by atoms with E-state index in [0.29, 0.717) is 53.1 Å². The van der Waals surface area contributed by atoms with Gasteiger partial charge in [-0.2, -0.15) is 0 Å². The minimum absolute atomic E-state index is 0.153. The Hall–Kier alpha value is -2.73. The Labute approximate surface area is 156 Å². The van der Waals surface area contributed by atoms with Crippen LogP contribution in [-0.2, 0) is 0 Å². The molecule has 1 aliphatic rings. The van der Waals surface area contributed by atoms with Gasteiger partial charge in [0, 0.05) is 29.8 Å². The number of hydrogen-bond acceptors (Lipinski definition) is 4. The van der Waals surface area contributed by atoms with Crippen molar-refractivity contribution in [3.8, 4) is 11.5 Å². The lowest BCUT2D eigenvalue weighted by Crippen LogP contribution is -2.22. The SMILES string of the molecule is CCNC(=O)c1ccc(NC(=O)c2cc(Cl)c3c(c2)OCCCO3)cc1. The first-order valence-corrected chi connectivity index (χ1v) is 8.75. The Morgan fingerprint density at radius 3 is 2.50 bits per heavy atom. The van der Waals surface area contributed by atoms with Crippen LogP contribution in [0.5, 0.6) is 11.5 Å². The third-order valence-corrected chi connectivity index (χ3v) is 4.09. The third-order valence-electron chi connectivity index (χ3n) is 3.81. The van der Waals surface area contributed by atoms with Crippen LogP contribution in [0.1, 0.15) is 34.1 Å². The van der Waals surface area contributed by atoms with E-state index in [1.807, 2.05) is 6.92 Å². The normalized spacial score (nSPS) is 12.8. The Morgan fingerprint density at radius 1 is 1.04 bits per heavy atom. The molecule has 6 nitrogen and oxygen atoms in total. The summed E-state index contributed by atoms with van der Waals surface area (Å²) in [5.74, 6) is 0.451. The fourth-order valence-electron chi connectivity index (χ4n) is 2.53. The first-order valence-electron chi connectivity index (χ1n) is 8.37. The van der Waals surface area contributed by atoms with Crippen molar-refractivity contribution in [2.45, 2.75) is 13.3 Å². The second-order valence-corrected chi connectivity index (χ2v) is 6.13. The number of amides is 2. The molecule has 0 spiro atoms. The largest absolute Gasteiger partial charge is 0.489 e. The summed E-state index contributed by atoms with van der Waals surface area (Å²) in [6, 6.07) is 9.82. The van der Waals surface area contributed by atoms with E-state index in [1.54, 1.807) is 36.4 Å². The Morgan fingerprint density at radius 2 is 1.77 bits per heavy atom. The van der Waals surface area contributed by atoms with Crippen molar-refractivity contribution in [2.24, 2.45) is 0 Å².